The number of anilines is 2. The first kappa shape index (κ1) is 36.2. The molecular weight excluding hydrogens is 680 g/mol. The van der Waals surface area contributed by atoms with Crippen molar-refractivity contribution in [1.29, 1.82) is 0 Å². The Balaban J connectivity index is 0.960. The van der Waals surface area contributed by atoms with Gasteiger partial charge in [-0.3, -0.25) is 19.2 Å². The molecule has 52 heavy (non-hydrogen) atoms. The van der Waals surface area contributed by atoms with Gasteiger partial charge < -0.3 is 29.9 Å². The van der Waals surface area contributed by atoms with E-state index in [2.05, 4.69) is 10.6 Å². The minimum Gasteiger partial charge on any atom is -0.484 e. The number of nitrogens with zero attached hydrogens (tertiary/aromatic N) is 2. The first-order chi connectivity index (χ1) is 25.2. The number of likely N-dealkylation sites (tertiary alicyclic amines) is 2. The van der Waals surface area contributed by atoms with Crippen molar-refractivity contribution in [2.24, 2.45) is 0 Å². The molecule has 4 amide bonds. The lowest BCUT2D eigenvalue weighted by molar-refractivity contribution is -0.138. The molecule has 2 fully saturated rings. The van der Waals surface area contributed by atoms with E-state index >= 15 is 0 Å². The van der Waals surface area contributed by atoms with Crippen LogP contribution in [0, 0.1) is 6.92 Å². The lowest BCUT2D eigenvalue weighted by Gasteiger charge is -2.24. The number of carbonyl (C=O) groups is 4. The maximum atomic E-state index is 13.1. The monoisotopic (exact) mass is 720 g/mol. The zero-order valence-corrected chi connectivity index (χ0v) is 29.7. The van der Waals surface area contributed by atoms with Gasteiger partial charge in [-0.15, -0.1) is 0 Å². The summed E-state index contributed by atoms with van der Waals surface area (Å²) in [6, 6.07) is 28.2. The van der Waals surface area contributed by atoms with Crippen LogP contribution in [0.4, 0.5) is 11.4 Å². The van der Waals surface area contributed by atoms with Gasteiger partial charge in [0, 0.05) is 29.5 Å². The minimum absolute atomic E-state index is 0.115. The Labute approximate surface area is 308 Å². The molecule has 0 spiro atoms. The molecule has 2 atom stereocenters. The van der Waals surface area contributed by atoms with Gasteiger partial charge in [0.1, 0.15) is 23.6 Å². The summed E-state index contributed by atoms with van der Waals surface area (Å²) in [5.41, 5.74) is 4.20. The predicted molar refractivity (Wildman–Crippen MR) is 202 cm³/mol. The van der Waals surface area contributed by atoms with Gasteiger partial charge in [-0.05, 0) is 104 Å². The van der Waals surface area contributed by atoms with Crippen molar-refractivity contribution < 1.29 is 28.7 Å². The number of carbonyl (C=O) groups excluding carboxylic acids is 4. The van der Waals surface area contributed by atoms with Crippen LogP contribution in [0.5, 0.6) is 11.5 Å². The van der Waals surface area contributed by atoms with Gasteiger partial charge in [-0.2, -0.15) is 0 Å². The lowest BCUT2D eigenvalue weighted by Crippen LogP contribution is -2.45. The average molecular weight is 721 g/mol. The quantitative estimate of drug-likeness (QED) is 0.155. The largest absolute Gasteiger partial charge is 0.484 e. The van der Waals surface area contributed by atoms with Crippen LogP contribution >= 0.6 is 11.6 Å². The molecule has 2 N–H and O–H groups in total. The van der Waals surface area contributed by atoms with Crippen molar-refractivity contribution in [2.75, 3.05) is 36.9 Å². The SMILES string of the molecule is Cc1cccc(OCC(=O)N2CCC[C@H]2C(=O)Nc2ccc(/C=C/c3ccc(NC(=O)[C@@H]4CCCN4C(=O)COc4cccc(Cl)c4)cc3)cc2)c1. The van der Waals surface area contributed by atoms with Crippen LogP contribution in [0.1, 0.15) is 42.4 Å². The molecule has 0 saturated carbocycles. The predicted octanol–water partition coefficient (Wildman–Crippen LogP) is 6.84. The highest BCUT2D eigenvalue weighted by Gasteiger charge is 2.35. The van der Waals surface area contributed by atoms with Gasteiger partial charge >= 0.3 is 0 Å². The summed E-state index contributed by atoms with van der Waals surface area (Å²) in [5, 5.41) is 6.41. The summed E-state index contributed by atoms with van der Waals surface area (Å²) in [5.74, 6) is 0.221. The highest BCUT2D eigenvalue weighted by Crippen LogP contribution is 2.24. The smallest absolute Gasteiger partial charge is 0.261 e. The zero-order chi connectivity index (χ0) is 36.5. The number of hydrogen-bond donors (Lipinski definition) is 2. The zero-order valence-electron chi connectivity index (χ0n) is 28.9. The molecule has 0 radical (unpaired) electrons. The van der Waals surface area contributed by atoms with E-state index in [1.807, 2.05) is 91.9 Å². The van der Waals surface area contributed by atoms with E-state index < -0.39 is 12.1 Å². The second kappa shape index (κ2) is 17.1. The van der Waals surface area contributed by atoms with Gasteiger partial charge in [0.2, 0.25) is 11.8 Å². The molecule has 0 aliphatic carbocycles. The Hall–Kier alpha value is -5.61. The molecule has 11 heteroatoms. The Morgan fingerprint density at radius 3 is 1.60 bits per heavy atom. The van der Waals surface area contributed by atoms with Crippen molar-refractivity contribution in [3.05, 3.63) is 119 Å². The normalized spacial score (nSPS) is 16.9. The number of ether oxygens (including phenoxy) is 2. The van der Waals surface area contributed by atoms with Crippen molar-refractivity contribution >= 4 is 58.8 Å². The van der Waals surface area contributed by atoms with Crippen LogP contribution in [0.15, 0.2) is 97.1 Å². The maximum absolute atomic E-state index is 13.1. The Morgan fingerprint density at radius 1 is 0.673 bits per heavy atom. The molecule has 2 aliphatic rings. The van der Waals surface area contributed by atoms with Crippen molar-refractivity contribution in [3.63, 3.8) is 0 Å². The molecule has 4 aromatic rings. The Kier molecular flexibility index (Phi) is 11.9. The third kappa shape index (κ3) is 9.58. The third-order valence-electron chi connectivity index (χ3n) is 9.09. The summed E-state index contributed by atoms with van der Waals surface area (Å²) in [7, 11) is 0. The first-order valence-corrected chi connectivity index (χ1v) is 17.8. The molecule has 0 bridgehead atoms. The fourth-order valence-corrected chi connectivity index (χ4v) is 6.57. The van der Waals surface area contributed by atoms with E-state index in [4.69, 9.17) is 21.1 Å². The number of amides is 4. The molecule has 10 nitrogen and oxygen atoms in total. The molecule has 2 heterocycles. The molecule has 2 saturated heterocycles. The summed E-state index contributed by atoms with van der Waals surface area (Å²) in [4.78, 5) is 55.2. The van der Waals surface area contributed by atoms with Crippen molar-refractivity contribution in [2.45, 2.75) is 44.7 Å². The summed E-state index contributed by atoms with van der Waals surface area (Å²) in [6.45, 7) is 2.69. The number of halogens is 1. The van der Waals surface area contributed by atoms with E-state index in [9.17, 15) is 19.2 Å². The van der Waals surface area contributed by atoms with Crippen molar-refractivity contribution in [1.82, 2.24) is 9.80 Å². The van der Waals surface area contributed by atoms with E-state index in [-0.39, 0.29) is 36.8 Å². The number of hydrogen-bond acceptors (Lipinski definition) is 6. The van der Waals surface area contributed by atoms with Crippen LogP contribution < -0.4 is 20.1 Å². The molecule has 268 valence electrons. The van der Waals surface area contributed by atoms with Crippen LogP contribution in [0.3, 0.4) is 0 Å². The summed E-state index contributed by atoms with van der Waals surface area (Å²) in [6.07, 6.45) is 6.60. The molecule has 0 unspecified atom stereocenters. The van der Waals surface area contributed by atoms with E-state index in [1.54, 1.807) is 34.1 Å². The molecular formula is C41H41ClN4O6. The Morgan fingerprint density at radius 2 is 1.13 bits per heavy atom. The number of aryl methyl sites for hydroxylation is 1. The van der Waals surface area contributed by atoms with E-state index in [0.717, 1.165) is 29.5 Å². The number of rotatable bonds is 12. The summed E-state index contributed by atoms with van der Waals surface area (Å²) >= 11 is 6.00. The van der Waals surface area contributed by atoms with Crippen LogP contribution in [0.25, 0.3) is 12.2 Å². The van der Waals surface area contributed by atoms with Gasteiger partial charge in [0.05, 0.1) is 0 Å². The number of benzene rings is 4. The topological polar surface area (TPSA) is 117 Å². The molecule has 6 rings (SSSR count). The van der Waals surface area contributed by atoms with Crippen LogP contribution in [0.2, 0.25) is 5.02 Å². The maximum Gasteiger partial charge on any atom is 0.261 e. The Bertz CT molecular complexity index is 1790. The average Bonchev–Trinajstić information content (AvgIpc) is 3.85. The third-order valence-corrected chi connectivity index (χ3v) is 9.32. The highest BCUT2D eigenvalue weighted by molar-refractivity contribution is 6.30. The second-order valence-corrected chi connectivity index (χ2v) is 13.3. The first-order valence-electron chi connectivity index (χ1n) is 17.4. The van der Waals surface area contributed by atoms with Crippen LogP contribution in [-0.2, 0) is 19.2 Å². The minimum atomic E-state index is -0.564. The van der Waals surface area contributed by atoms with E-state index in [1.165, 1.54) is 0 Å². The highest BCUT2D eigenvalue weighted by atomic mass is 35.5. The standard InChI is InChI=1S/C41H41ClN4O6/c1-28-6-2-8-34(24-28)51-26-38(47)45-22-4-10-36(45)40(49)43-32-18-14-29(15-19-32)12-13-30-16-20-33(21-17-30)44-41(50)37-11-5-23-46(37)39(48)27-52-35-9-3-7-31(42)25-35/h2-3,6-9,12-21,24-25,36-37H,4-5,10-11,22-23,26-27H2,1H3,(H,43,49)(H,44,50)/b13-12+/t36-,37-/m0/s1. The van der Waals surface area contributed by atoms with Crippen molar-refractivity contribution in [3.8, 4) is 11.5 Å². The fraction of sp³-hybridized carbons (Fsp3) is 0.268. The van der Waals surface area contributed by atoms with Crippen LogP contribution in [-0.4, -0.2) is 71.8 Å². The number of nitrogens with one attached hydrogen (secondary N) is 2. The lowest BCUT2D eigenvalue weighted by atomic mass is 10.1. The van der Waals surface area contributed by atoms with Gasteiger partial charge in [0.25, 0.3) is 11.8 Å². The van der Waals surface area contributed by atoms with Gasteiger partial charge in [0.15, 0.2) is 13.2 Å². The summed E-state index contributed by atoms with van der Waals surface area (Å²) < 4.78 is 11.3. The molecule has 4 aromatic carbocycles. The molecule has 0 aromatic heterocycles. The second-order valence-electron chi connectivity index (χ2n) is 12.9. The fourth-order valence-electron chi connectivity index (χ4n) is 6.39. The van der Waals surface area contributed by atoms with Gasteiger partial charge in [-0.25, -0.2) is 0 Å². The van der Waals surface area contributed by atoms with E-state index in [0.29, 0.717) is 53.8 Å². The van der Waals surface area contributed by atoms with Gasteiger partial charge in [-0.1, -0.05) is 66.2 Å². The molecule has 2 aliphatic heterocycles.